The molecule has 0 aliphatic carbocycles. The van der Waals surface area contributed by atoms with Crippen LogP contribution in [0.4, 0.5) is 0 Å². The van der Waals surface area contributed by atoms with E-state index in [0.717, 1.165) is 77.8 Å². The van der Waals surface area contributed by atoms with Crippen LogP contribution < -0.4 is 28.3 Å². The Morgan fingerprint density at radius 2 is 0.945 bits per heavy atom. The predicted molar refractivity (Wildman–Crippen MR) is 219 cm³/mol. The largest absolute Gasteiger partial charge is 1.00 e. The smallest absolute Gasteiger partial charge is 0.489 e. The van der Waals surface area contributed by atoms with Gasteiger partial charge in [0.25, 0.3) is 0 Å². The minimum Gasteiger partial charge on any atom is -0.489 e. The van der Waals surface area contributed by atoms with Crippen molar-refractivity contribution in [3.05, 3.63) is 101 Å². The molecule has 2 fully saturated rings. The number of hydrogen-bond acceptors (Lipinski definition) is 7. The summed E-state index contributed by atoms with van der Waals surface area (Å²) in [6.07, 6.45) is 8.67. The van der Waals surface area contributed by atoms with Crippen molar-refractivity contribution in [3.8, 4) is 11.5 Å². The Morgan fingerprint density at radius 3 is 1.31 bits per heavy atom. The average Bonchev–Trinajstić information content (AvgIpc) is 3.11. The number of hydroxylamine groups is 4. The Balaban J connectivity index is 0.00000673. The molecule has 55 heavy (non-hydrogen) atoms. The fourth-order valence-corrected chi connectivity index (χ4v) is 8.34. The van der Waals surface area contributed by atoms with Gasteiger partial charge in [0.1, 0.15) is 36.9 Å². The summed E-state index contributed by atoms with van der Waals surface area (Å²) in [4.78, 5) is 13.3. The summed E-state index contributed by atoms with van der Waals surface area (Å²) in [7, 11) is 0. The van der Waals surface area contributed by atoms with E-state index >= 15 is 0 Å². The van der Waals surface area contributed by atoms with E-state index in [2.05, 4.69) is 135 Å². The minimum atomic E-state index is -0.0520. The molecule has 0 spiro atoms. The zero-order valence-corrected chi connectivity index (χ0v) is 36.1. The van der Waals surface area contributed by atoms with Crippen LogP contribution in [0.5, 0.6) is 11.5 Å². The van der Waals surface area contributed by atoms with Crippen molar-refractivity contribution in [3.63, 3.8) is 0 Å². The summed E-state index contributed by atoms with van der Waals surface area (Å²) in [6, 6.07) is 23.2. The molecule has 3 aromatic carbocycles. The quantitative estimate of drug-likeness (QED) is 0.0776. The second-order valence-corrected chi connectivity index (χ2v) is 18.2. The molecule has 0 bridgehead atoms. The van der Waals surface area contributed by atoms with Gasteiger partial charge in [0.2, 0.25) is 0 Å². The van der Waals surface area contributed by atoms with Crippen LogP contribution >= 0.6 is 0 Å². The molecule has 2 heterocycles. The van der Waals surface area contributed by atoms with Gasteiger partial charge in [-0.05, 0) is 148 Å². The maximum atomic E-state index is 6.63. The summed E-state index contributed by atoms with van der Waals surface area (Å²) in [6.45, 7) is 28.5. The van der Waals surface area contributed by atoms with Crippen molar-refractivity contribution in [2.75, 3.05) is 6.61 Å². The van der Waals surface area contributed by atoms with Crippen molar-refractivity contribution in [2.24, 2.45) is 0 Å². The van der Waals surface area contributed by atoms with Crippen molar-refractivity contribution in [1.29, 1.82) is 0 Å². The standard InChI is InChI=1S/C47H69N2O5.Li/c1-12-13-28-50-32-39-29-42(51-33-37-16-20-40(21-17-37)35(2)53-48-44(4,5)24-14-25-45(48,6)7)31-43(30-39)52-34-38-18-22-41(23-19-38)36(3)54-49-46(8,9)26-15-27-47(49,10)11;/h16-23,29-31,35-36H,1,12-15,24-28,32-34H2,2-11H3;/q-1;+1. The van der Waals surface area contributed by atoms with E-state index in [9.17, 15) is 0 Å². The van der Waals surface area contributed by atoms with Gasteiger partial charge < -0.3 is 21.1 Å². The van der Waals surface area contributed by atoms with Crippen molar-refractivity contribution < 1.29 is 42.7 Å². The summed E-state index contributed by atoms with van der Waals surface area (Å²) in [5.74, 6) is 1.51. The molecule has 0 aromatic heterocycles. The fourth-order valence-electron chi connectivity index (χ4n) is 8.34. The molecule has 0 radical (unpaired) electrons. The molecule has 2 aliphatic heterocycles. The molecule has 298 valence electrons. The number of benzene rings is 3. The number of unbranched alkanes of at least 4 members (excludes halogenated alkanes) is 1. The molecule has 0 N–H and O–H groups in total. The molecule has 3 aromatic rings. The van der Waals surface area contributed by atoms with Crippen LogP contribution in [-0.2, 0) is 34.2 Å². The third-order valence-corrected chi connectivity index (χ3v) is 11.3. The topological polar surface area (TPSA) is 52.6 Å². The summed E-state index contributed by atoms with van der Waals surface area (Å²) >= 11 is 0. The first kappa shape index (κ1) is 45.4. The molecular weight excluding hydrogens is 679 g/mol. The van der Waals surface area contributed by atoms with Crippen LogP contribution in [0.2, 0.25) is 0 Å². The first-order valence-electron chi connectivity index (χ1n) is 20.4. The molecule has 0 saturated carbocycles. The maximum absolute atomic E-state index is 6.63. The van der Waals surface area contributed by atoms with Gasteiger partial charge in [0.15, 0.2) is 0 Å². The predicted octanol–water partition coefficient (Wildman–Crippen LogP) is 9.05. The molecule has 0 amide bonds. The number of hydrogen-bond donors (Lipinski definition) is 0. The molecule has 2 aliphatic rings. The van der Waals surface area contributed by atoms with E-state index in [4.69, 9.17) is 23.9 Å². The van der Waals surface area contributed by atoms with E-state index in [1.165, 1.54) is 12.8 Å². The van der Waals surface area contributed by atoms with Gasteiger partial charge in [-0.15, -0.1) is 0 Å². The first-order chi connectivity index (χ1) is 25.5. The average molecular weight is 749 g/mol. The Labute approximate surface area is 345 Å². The maximum Gasteiger partial charge on any atom is 1.00 e. The van der Waals surface area contributed by atoms with Crippen LogP contribution in [0.15, 0.2) is 66.7 Å². The summed E-state index contributed by atoms with van der Waals surface area (Å²) in [5, 5.41) is 4.48. The number of rotatable bonds is 17. The fraction of sp³-hybridized carbons (Fsp3) is 0.596. The second kappa shape index (κ2) is 19.4. The Kier molecular flexibility index (Phi) is 16.0. The van der Waals surface area contributed by atoms with Crippen LogP contribution in [0, 0.1) is 6.92 Å². The van der Waals surface area contributed by atoms with Crippen LogP contribution in [0.25, 0.3) is 0 Å². The minimum absolute atomic E-state index is 0. The Bertz CT molecular complexity index is 1480. The van der Waals surface area contributed by atoms with E-state index in [0.29, 0.717) is 26.4 Å². The number of nitrogens with zero attached hydrogens (tertiary/aromatic N) is 2. The van der Waals surface area contributed by atoms with E-state index in [1.54, 1.807) is 0 Å². The number of piperidine rings is 2. The third kappa shape index (κ3) is 12.3. The van der Waals surface area contributed by atoms with Gasteiger partial charge in [0, 0.05) is 34.8 Å². The molecule has 2 saturated heterocycles. The summed E-state index contributed by atoms with van der Waals surface area (Å²) < 4.78 is 18.7. The van der Waals surface area contributed by atoms with Gasteiger partial charge in [-0.3, -0.25) is 9.68 Å². The Hall–Kier alpha value is -2.34. The second-order valence-electron chi connectivity index (χ2n) is 18.2. The van der Waals surface area contributed by atoms with Gasteiger partial charge in [-0.2, -0.15) is 16.5 Å². The zero-order chi connectivity index (χ0) is 39.1. The van der Waals surface area contributed by atoms with E-state index in [-0.39, 0.29) is 53.2 Å². The van der Waals surface area contributed by atoms with Gasteiger partial charge in [-0.1, -0.05) is 55.0 Å². The van der Waals surface area contributed by atoms with Gasteiger partial charge >= 0.3 is 18.9 Å². The SMILES string of the molecule is [CH2-]CCCOCc1cc(OCc2ccc(C(C)ON3C(C)(C)CCCC3(C)C)cc2)cc(OCc2ccc(C(C)ON3C(C)(C)CCCC3(C)C)cc2)c1.[Li+]. The summed E-state index contributed by atoms with van der Waals surface area (Å²) in [5.41, 5.74) is 5.50. The zero-order valence-electron chi connectivity index (χ0n) is 36.1. The van der Waals surface area contributed by atoms with Crippen molar-refractivity contribution in [2.45, 2.75) is 175 Å². The van der Waals surface area contributed by atoms with Crippen LogP contribution in [-0.4, -0.2) is 38.9 Å². The first-order valence-corrected chi connectivity index (χ1v) is 20.4. The molecular formula is C47H69LiN2O5. The van der Waals surface area contributed by atoms with Crippen LogP contribution in [0.1, 0.15) is 161 Å². The number of ether oxygens (including phenoxy) is 3. The Morgan fingerprint density at radius 1 is 0.564 bits per heavy atom. The normalized spacial score (nSPS) is 20.3. The van der Waals surface area contributed by atoms with Crippen molar-refractivity contribution >= 4 is 0 Å². The van der Waals surface area contributed by atoms with E-state index in [1.807, 2.05) is 18.2 Å². The molecule has 2 atom stereocenters. The molecule has 5 rings (SSSR count). The molecule has 7 nitrogen and oxygen atoms in total. The third-order valence-electron chi connectivity index (χ3n) is 11.3. The monoisotopic (exact) mass is 749 g/mol. The van der Waals surface area contributed by atoms with Crippen molar-refractivity contribution in [1.82, 2.24) is 10.1 Å². The van der Waals surface area contributed by atoms with Gasteiger partial charge in [0.05, 0.1) is 6.61 Å². The molecule has 8 heteroatoms. The molecule has 2 unspecified atom stereocenters. The van der Waals surface area contributed by atoms with Gasteiger partial charge in [-0.25, -0.2) is 0 Å². The van der Waals surface area contributed by atoms with E-state index < -0.39 is 0 Å². The van der Waals surface area contributed by atoms with Crippen LogP contribution in [0.3, 0.4) is 0 Å².